The normalized spacial score (nSPS) is 24.3. The van der Waals surface area contributed by atoms with Crippen LogP contribution in [-0.4, -0.2) is 57.9 Å². The van der Waals surface area contributed by atoms with E-state index in [2.05, 4.69) is 25.1 Å². The number of aryl methyl sites for hydroxylation is 2. The third-order valence-corrected chi connectivity index (χ3v) is 5.59. The third kappa shape index (κ3) is 3.67. The molecule has 0 aliphatic carbocycles. The highest BCUT2D eigenvalue weighted by Crippen LogP contribution is 2.30. The Balaban J connectivity index is 1.42. The lowest BCUT2D eigenvalue weighted by Gasteiger charge is -2.35. The van der Waals surface area contributed by atoms with Gasteiger partial charge in [-0.25, -0.2) is 0 Å². The van der Waals surface area contributed by atoms with Gasteiger partial charge < -0.3 is 13.8 Å². The molecule has 0 amide bonds. The Morgan fingerprint density at radius 3 is 2.73 bits per heavy atom. The molecule has 8 nitrogen and oxygen atoms in total. The fourth-order valence-electron chi connectivity index (χ4n) is 4.27. The first kappa shape index (κ1) is 17.6. The Morgan fingerprint density at radius 2 is 1.96 bits per heavy atom. The van der Waals surface area contributed by atoms with E-state index in [-0.39, 0.29) is 0 Å². The molecular weight excluding hydrogens is 334 g/mol. The van der Waals surface area contributed by atoms with Crippen molar-refractivity contribution in [1.29, 1.82) is 0 Å². The van der Waals surface area contributed by atoms with Gasteiger partial charge >= 0.3 is 0 Å². The van der Waals surface area contributed by atoms with Crippen LogP contribution in [-0.2, 0) is 24.4 Å². The van der Waals surface area contributed by atoms with Gasteiger partial charge in [0, 0.05) is 44.9 Å². The molecule has 0 N–H and O–H groups in total. The van der Waals surface area contributed by atoms with Crippen molar-refractivity contribution in [3.63, 3.8) is 0 Å². The van der Waals surface area contributed by atoms with Crippen LogP contribution in [0.2, 0.25) is 0 Å². The molecule has 142 valence electrons. The summed E-state index contributed by atoms with van der Waals surface area (Å²) in [4.78, 5) is 9.49. The second-order valence-electron chi connectivity index (χ2n) is 7.56. The van der Waals surface area contributed by atoms with Crippen molar-refractivity contribution < 1.29 is 13.8 Å². The fraction of sp³-hybridized carbons (Fsp3) is 0.722. The molecule has 0 saturated carbocycles. The van der Waals surface area contributed by atoms with Gasteiger partial charge in [-0.1, -0.05) is 10.3 Å². The molecule has 5 heterocycles. The van der Waals surface area contributed by atoms with Crippen LogP contribution in [0.5, 0.6) is 0 Å². The quantitative estimate of drug-likeness (QED) is 0.772. The lowest BCUT2D eigenvalue weighted by molar-refractivity contribution is 0.109. The molecule has 3 fully saturated rings. The number of piperidine rings is 1. The molecule has 3 saturated heterocycles. The highest BCUT2D eigenvalue weighted by molar-refractivity contribution is 5.20. The van der Waals surface area contributed by atoms with E-state index in [0.717, 1.165) is 44.2 Å². The third-order valence-electron chi connectivity index (χ3n) is 5.59. The van der Waals surface area contributed by atoms with Gasteiger partial charge in [0.15, 0.2) is 5.82 Å². The summed E-state index contributed by atoms with van der Waals surface area (Å²) in [5.41, 5.74) is 2.24. The van der Waals surface area contributed by atoms with Crippen molar-refractivity contribution in [3.8, 4) is 0 Å². The molecule has 2 aromatic heterocycles. The Hall–Kier alpha value is -1.77. The second-order valence-corrected chi connectivity index (χ2v) is 7.56. The van der Waals surface area contributed by atoms with Crippen molar-refractivity contribution in [2.24, 2.45) is 5.92 Å². The predicted octanol–water partition coefficient (Wildman–Crippen LogP) is 1.92. The van der Waals surface area contributed by atoms with Crippen LogP contribution in [0.3, 0.4) is 0 Å². The molecule has 2 aromatic rings. The number of aromatic nitrogens is 3. The van der Waals surface area contributed by atoms with E-state index in [1.807, 2.05) is 13.8 Å². The zero-order chi connectivity index (χ0) is 18.1. The average Bonchev–Trinajstić information content (AvgIpc) is 3.06. The maximum atomic E-state index is 5.39. The molecule has 0 radical (unpaired) electrons. The van der Waals surface area contributed by atoms with E-state index >= 15 is 0 Å². The number of rotatable bonds is 6. The molecule has 3 aliphatic heterocycles. The minimum Gasteiger partial charge on any atom is -0.377 e. The lowest BCUT2D eigenvalue weighted by atomic mass is 9.95. The summed E-state index contributed by atoms with van der Waals surface area (Å²) >= 11 is 0. The molecule has 2 bridgehead atoms. The van der Waals surface area contributed by atoms with E-state index in [9.17, 15) is 0 Å². The van der Waals surface area contributed by atoms with Crippen LogP contribution in [0.25, 0.3) is 0 Å². The van der Waals surface area contributed by atoms with Gasteiger partial charge in [-0.2, -0.15) is 4.98 Å². The van der Waals surface area contributed by atoms with E-state index < -0.39 is 0 Å². The smallest absolute Gasteiger partial charge is 0.240 e. The van der Waals surface area contributed by atoms with Crippen molar-refractivity contribution >= 4 is 0 Å². The predicted molar refractivity (Wildman–Crippen MR) is 93.2 cm³/mol. The number of methoxy groups -OCH3 is 1. The summed E-state index contributed by atoms with van der Waals surface area (Å²) < 4.78 is 15.8. The highest BCUT2D eigenvalue weighted by atomic mass is 16.5. The minimum absolute atomic E-state index is 0.390. The molecular formula is C18H27N5O3. The Morgan fingerprint density at radius 1 is 1.08 bits per heavy atom. The van der Waals surface area contributed by atoms with Gasteiger partial charge in [-0.3, -0.25) is 9.80 Å². The van der Waals surface area contributed by atoms with Crippen LogP contribution >= 0.6 is 0 Å². The first-order valence-corrected chi connectivity index (χ1v) is 9.31. The summed E-state index contributed by atoms with van der Waals surface area (Å²) in [7, 11) is 1.64. The molecule has 2 atom stereocenters. The van der Waals surface area contributed by atoms with Crippen molar-refractivity contribution in [2.75, 3.05) is 26.7 Å². The number of fused-ring (bicyclic) bond motifs is 4. The van der Waals surface area contributed by atoms with Gasteiger partial charge in [0.1, 0.15) is 12.4 Å². The number of nitrogens with zero attached hydrogens (tertiary/aromatic N) is 5. The van der Waals surface area contributed by atoms with Crippen LogP contribution in [0, 0.1) is 19.8 Å². The first-order chi connectivity index (χ1) is 12.6. The second kappa shape index (κ2) is 7.46. The molecule has 3 aliphatic rings. The SMILES string of the molecule is COCc1noc(CN2C[C@H]3CC[C@@H]2CN(Cc2c(C)noc2C)C3)n1. The maximum Gasteiger partial charge on any atom is 0.240 e. The largest absolute Gasteiger partial charge is 0.377 e. The summed E-state index contributed by atoms with van der Waals surface area (Å²) in [5.74, 6) is 2.91. The standard InChI is InChI=1S/C18H27N5O3/c1-12-16(13(2)25-20-12)9-22-6-14-4-5-15(8-22)23(7-14)10-18-19-17(11-24-3)21-26-18/h14-15H,4-11H2,1-3H3/t14-,15+/m0/s1. The lowest BCUT2D eigenvalue weighted by Crippen LogP contribution is -2.43. The minimum atomic E-state index is 0.390. The summed E-state index contributed by atoms with van der Waals surface area (Å²) in [5, 5.41) is 8.07. The van der Waals surface area contributed by atoms with Crippen LogP contribution in [0.15, 0.2) is 9.05 Å². The zero-order valence-electron chi connectivity index (χ0n) is 15.8. The Labute approximate surface area is 153 Å². The number of hydrogen-bond donors (Lipinski definition) is 0. The molecule has 8 heteroatoms. The maximum absolute atomic E-state index is 5.39. The van der Waals surface area contributed by atoms with E-state index in [1.165, 1.54) is 18.4 Å². The Kier molecular flexibility index (Phi) is 5.06. The molecule has 5 rings (SSSR count). The summed E-state index contributed by atoms with van der Waals surface area (Å²) in [6.07, 6.45) is 2.51. The van der Waals surface area contributed by atoms with Crippen molar-refractivity contribution in [3.05, 3.63) is 28.7 Å². The van der Waals surface area contributed by atoms with Gasteiger partial charge in [0.25, 0.3) is 0 Å². The monoisotopic (exact) mass is 361 g/mol. The average molecular weight is 361 g/mol. The van der Waals surface area contributed by atoms with Gasteiger partial charge in [0.05, 0.1) is 12.2 Å². The highest BCUT2D eigenvalue weighted by Gasteiger charge is 2.35. The topological polar surface area (TPSA) is 80.7 Å². The van der Waals surface area contributed by atoms with E-state index in [0.29, 0.717) is 30.3 Å². The molecule has 0 spiro atoms. The summed E-state index contributed by atoms with van der Waals surface area (Å²) in [6.45, 7) is 9.32. The Bertz CT molecular complexity index is 724. The first-order valence-electron chi connectivity index (χ1n) is 9.31. The molecule has 26 heavy (non-hydrogen) atoms. The summed E-state index contributed by atoms with van der Waals surface area (Å²) in [6, 6.07) is 0.520. The zero-order valence-corrected chi connectivity index (χ0v) is 15.8. The number of hydrogen-bond acceptors (Lipinski definition) is 8. The fourth-order valence-corrected chi connectivity index (χ4v) is 4.27. The number of ether oxygens (including phenoxy) is 1. The van der Waals surface area contributed by atoms with Gasteiger partial charge in [-0.05, 0) is 32.6 Å². The van der Waals surface area contributed by atoms with E-state index in [1.54, 1.807) is 7.11 Å². The van der Waals surface area contributed by atoms with E-state index in [4.69, 9.17) is 13.8 Å². The van der Waals surface area contributed by atoms with Crippen molar-refractivity contribution in [1.82, 2.24) is 25.1 Å². The van der Waals surface area contributed by atoms with Gasteiger partial charge in [0.2, 0.25) is 5.89 Å². The molecule has 0 aromatic carbocycles. The van der Waals surface area contributed by atoms with Crippen LogP contribution in [0.1, 0.15) is 41.6 Å². The van der Waals surface area contributed by atoms with Gasteiger partial charge in [-0.15, -0.1) is 0 Å². The molecule has 0 unspecified atom stereocenters. The van der Waals surface area contributed by atoms with Crippen LogP contribution < -0.4 is 0 Å². The van der Waals surface area contributed by atoms with Crippen molar-refractivity contribution in [2.45, 2.75) is 52.4 Å². The van der Waals surface area contributed by atoms with Crippen LogP contribution in [0.4, 0.5) is 0 Å².